The van der Waals surface area contributed by atoms with Crippen LogP contribution in [0, 0.1) is 11.3 Å². The maximum absolute atomic E-state index is 10.1. The van der Waals surface area contributed by atoms with Crippen molar-refractivity contribution in [2.24, 2.45) is 0 Å². The van der Waals surface area contributed by atoms with E-state index in [2.05, 4.69) is 30.9 Å². The summed E-state index contributed by atoms with van der Waals surface area (Å²) in [5.41, 5.74) is 12.7. The zero-order valence-corrected chi connectivity index (χ0v) is 16.7. The molecule has 1 aromatic carbocycles. The molecule has 4 rings (SSSR count). The molecular weight excluding hydrogens is 350 g/mol. The van der Waals surface area contributed by atoms with Crippen LogP contribution in [-0.2, 0) is 9.47 Å². The van der Waals surface area contributed by atoms with E-state index in [4.69, 9.17) is 15.2 Å². The van der Waals surface area contributed by atoms with E-state index in [0.717, 1.165) is 45.8 Å². The molecule has 2 aliphatic heterocycles. The van der Waals surface area contributed by atoms with Crippen molar-refractivity contribution in [3.05, 3.63) is 70.2 Å². The van der Waals surface area contributed by atoms with Crippen LogP contribution >= 0.6 is 0 Å². The Labute approximate surface area is 166 Å². The molecule has 3 unspecified atom stereocenters. The monoisotopic (exact) mass is 375 g/mol. The molecule has 0 radical (unpaired) electrons. The summed E-state index contributed by atoms with van der Waals surface area (Å²) in [6.45, 7) is 4.34. The Hall–Kier alpha value is -2.97. The van der Waals surface area contributed by atoms with Gasteiger partial charge in [-0.2, -0.15) is 5.26 Å². The van der Waals surface area contributed by atoms with Gasteiger partial charge in [0.2, 0.25) is 0 Å². The average Bonchev–Trinajstić information content (AvgIpc) is 3.00. The second-order valence-electron chi connectivity index (χ2n) is 7.48. The number of rotatable bonds is 3. The van der Waals surface area contributed by atoms with Gasteiger partial charge in [0.25, 0.3) is 0 Å². The number of benzene rings is 1. The molecule has 28 heavy (non-hydrogen) atoms. The maximum Gasteiger partial charge on any atom is 0.125 e. The van der Waals surface area contributed by atoms with Gasteiger partial charge in [0, 0.05) is 36.4 Å². The summed E-state index contributed by atoms with van der Waals surface area (Å²) in [7, 11) is 3.37. The Morgan fingerprint density at radius 1 is 1.18 bits per heavy atom. The van der Waals surface area contributed by atoms with Crippen LogP contribution in [0.15, 0.2) is 64.6 Å². The zero-order valence-electron chi connectivity index (χ0n) is 16.7. The highest BCUT2D eigenvalue weighted by Gasteiger charge is 2.42. The highest BCUT2D eigenvalue weighted by atomic mass is 16.5. The van der Waals surface area contributed by atoms with Gasteiger partial charge in [0.1, 0.15) is 17.9 Å². The summed E-state index contributed by atoms with van der Waals surface area (Å²) < 4.78 is 11.2. The third kappa shape index (κ3) is 2.64. The van der Waals surface area contributed by atoms with Crippen molar-refractivity contribution in [1.29, 1.82) is 5.26 Å². The Morgan fingerprint density at radius 3 is 2.50 bits per heavy atom. The molecule has 0 amide bonds. The third-order valence-electron chi connectivity index (χ3n) is 5.94. The average molecular weight is 375 g/mol. The highest BCUT2D eigenvalue weighted by molar-refractivity contribution is 5.85. The standard InChI is InChI=1S/C23H25N3O2/c1-13-9-16-10-20(27-3)21(28-4)11-18(16)23-19(12-24)22(14(2)26(13)23)15-5-7-17(25)8-6-15/h5-9,11,13-14,20H,10,25H2,1-4H3. The van der Waals surface area contributed by atoms with E-state index in [1.165, 1.54) is 5.57 Å². The lowest BCUT2D eigenvalue weighted by atomic mass is 9.85. The minimum absolute atomic E-state index is 0.0908. The molecule has 1 aliphatic carbocycles. The summed E-state index contributed by atoms with van der Waals surface area (Å²) in [5.74, 6) is 0.794. The van der Waals surface area contributed by atoms with Crippen LogP contribution in [0.1, 0.15) is 25.8 Å². The molecule has 3 atom stereocenters. The van der Waals surface area contributed by atoms with Crippen molar-refractivity contribution >= 4 is 11.3 Å². The Bertz CT molecular complexity index is 976. The van der Waals surface area contributed by atoms with E-state index >= 15 is 0 Å². The van der Waals surface area contributed by atoms with Crippen LogP contribution < -0.4 is 5.73 Å². The molecule has 0 fully saturated rings. The summed E-state index contributed by atoms with van der Waals surface area (Å²) in [5, 5.41) is 10.1. The van der Waals surface area contributed by atoms with Crippen molar-refractivity contribution in [3.63, 3.8) is 0 Å². The van der Waals surface area contributed by atoms with Crippen LogP contribution in [0.3, 0.4) is 0 Å². The number of hydrogen-bond acceptors (Lipinski definition) is 5. The number of ether oxygens (including phenoxy) is 2. The minimum atomic E-state index is -0.0933. The lowest BCUT2D eigenvalue weighted by Crippen LogP contribution is -2.39. The first-order valence-electron chi connectivity index (χ1n) is 9.52. The summed E-state index contributed by atoms with van der Waals surface area (Å²) >= 11 is 0. The molecule has 144 valence electrons. The molecule has 0 aromatic heterocycles. The number of nitrogen functional groups attached to an aromatic ring is 1. The van der Waals surface area contributed by atoms with Gasteiger partial charge < -0.3 is 20.1 Å². The third-order valence-corrected chi connectivity index (χ3v) is 5.94. The van der Waals surface area contributed by atoms with E-state index in [1.807, 2.05) is 30.3 Å². The first-order chi connectivity index (χ1) is 13.5. The number of anilines is 1. The van der Waals surface area contributed by atoms with Crippen molar-refractivity contribution in [2.45, 2.75) is 38.5 Å². The van der Waals surface area contributed by atoms with Crippen LogP contribution in [0.25, 0.3) is 5.57 Å². The lowest BCUT2D eigenvalue weighted by Gasteiger charge is -2.39. The minimum Gasteiger partial charge on any atom is -0.498 e. The largest absolute Gasteiger partial charge is 0.498 e. The molecule has 0 saturated carbocycles. The quantitative estimate of drug-likeness (QED) is 0.814. The summed E-state index contributed by atoms with van der Waals surface area (Å²) in [4.78, 5) is 2.33. The molecule has 3 aliphatic rings. The zero-order chi connectivity index (χ0) is 20.0. The van der Waals surface area contributed by atoms with Gasteiger partial charge in [-0.3, -0.25) is 0 Å². The smallest absolute Gasteiger partial charge is 0.125 e. The van der Waals surface area contributed by atoms with Crippen molar-refractivity contribution in [1.82, 2.24) is 4.90 Å². The summed E-state index contributed by atoms with van der Waals surface area (Å²) in [6, 6.07) is 10.5. The molecular formula is C23H25N3O2. The van der Waals surface area contributed by atoms with Gasteiger partial charge in [-0.1, -0.05) is 18.2 Å². The number of nitrogens with zero attached hydrogens (tertiary/aromatic N) is 2. The fourth-order valence-electron chi connectivity index (χ4n) is 4.67. The van der Waals surface area contributed by atoms with Gasteiger partial charge in [-0.15, -0.1) is 0 Å². The fraction of sp³-hybridized carbons (Fsp3) is 0.348. The maximum atomic E-state index is 10.1. The summed E-state index contributed by atoms with van der Waals surface area (Å²) in [6.07, 6.45) is 4.97. The number of allylic oxidation sites excluding steroid dienone is 3. The van der Waals surface area contributed by atoms with Gasteiger partial charge in [-0.25, -0.2) is 0 Å². The van der Waals surface area contributed by atoms with E-state index in [1.54, 1.807) is 14.2 Å². The number of fused-ring (bicyclic) bond motifs is 2. The van der Waals surface area contributed by atoms with E-state index in [-0.39, 0.29) is 18.2 Å². The van der Waals surface area contributed by atoms with Crippen molar-refractivity contribution in [3.8, 4) is 6.07 Å². The molecule has 5 heteroatoms. The Kier molecular flexibility index (Phi) is 4.52. The molecule has 0 saturated heterocycles. The highest BCUT2D eigenvalue weighted by Crippen LogP contribution is 2.48. The normalized spacial score (nSPS) is 26.4. The molecule has 2 heterocycles. The van der Waals surface area contributed by atoms with E-state index < -0.39 is 0 Å². The van der Waals surface area contributed by atoms with Crippen LogP contribution in [-0.4, -0.2) is 37.3 Å². The van der Waals surface area contributed by atoms with Gasteiger partial charge in [-0.05, 0) is 43.2 Å². The molecule has 5 nitrogen and oxygen atoms in total. The molecule has 2 N–H and O–H groups in total. The van der Waals surface area contributed by atoms with Gasteiger partial charge in [0.05, 0.1) is 24.4 Å². The second-order valence-corrected chi connectivity index (χ2v) is 7.48. The predicted octanol–water partition coefficient (Wildman–Crippen LogP) is 3.78. The Balaban J connectivity index is 1.95. The number of methoxy groups -OCH3 is 2. The van der Waals surface area contributed by atoms with E-state index in [9.17, 15) is 5.26 Å². The number of hydrogen-bond donors (Lipinski definition) is 1. The Morgan fingerprint density at radius 2 is 1.89 bits per heavy atom. The SMILES string of the molecule is COC1=CC2=C3C(C#N)=C(c4ccc(N)cc4)C(C)N3C(C)C=C2CC1OC. The molecule has 1 aromatic rings. The fourth-order valence-corrected chi connectivity index (χ4v) is 4.67. The van der Waals surface area contributed by atoms with E-state index in [0.29, 0.717) is 0 Å². The first-order valence-corrected chi connectivity index (χ1v) is 9.52. The second kappa shape index (κ2) is 6.88. The predicted molar refractivity (Wildman–Crippen MR) is 110 cm³/mol. The lowest BCUT2D eigenvalue weighted by molar-refractivity contribution is 0.0762. The van der Waals surface area contributed by atoms with Gasteiger partial charge >= 0.3 is 0 Å². The van der Waals surface area contributed by atoms with Crippen molar-refractivity contribution in [2.75, 3.05) is 20.0 Å². The van der Waals surface area contributed by atoms with Crippen LogP contribution in [0.2, 0.25) is 0 Å². The number of nitriles is 1. The van der Waals surface area contributed by atoms with Crippen molar-refractivity contribution < 1.29 is 9.47 Å². The van der Waals surface area contributed by atoms with Crippen LogP contribution in [0.4, 0.5) is 5.69 Å². The number of nitrogens with two attached hydrogens (primary N) is 1. The van der Waals surface area contributed by atoms with Gasteiger partial charge in [0.15, 0.2) is 0 Å². The molecule has 0 bridgehead atoms. The topological polar surface area (TPSA) is 71.5 Å². The first kappa shape index (κ1) is 18.4. The molecule has 0 spiro atoms. The van der Waals surface area contributed by atoms with Crippen LogP contribution in [0.5, 0.6) is 0 Å².